The van der Waals surface area contributed by atoms with Crippen LogP contribution in [0.5, 0.6) is 5.75 Å². The number of rotatable bonds is 3. The second kappa shape index (κ2) is 4.37. The molecule has 0 unspecified atom stereocenters. The van der Waals surface area contributed by atoms with E-state index in [1.54, 1.807) is 7.11 Å². The summed E-state index contributed by atoms with van der Waals surface area (Å²) in [4.78, 5) is 4.46. The maximum atomic E-state index is 5.57. The molecule has 0 fully saturated rings. The fraction of sp³-hybridized carbons (Fsp3) is 0.250. The Morgan fingerprint density at radius 2 is 2.25 bits per heavy atom. The Morgan fingerprint density at radius 3 is 2.88 bits per heavy atom. The van der Waals surface area contributed by atoms with E-state index in [0.29, 0.717) is 6.54 Å². The summed E-state index contributed by atoms with van der Waals surface area (Å²) in [6.07, 6.45) is 1.94. The summed E-state index contributed by atoms with van der Waals surface area (Å²) in [5.74, 6) is 1.73. The molecule has 4 heteroatoms. The normalized spacial score (nSPS) is 10.4. The molecule has 4 nitrogen and oxygen atoms in total. The third kappa shape index (κ3) is 1.92. The van der Waals surface area contributed by atoms with E-state index in [4.69, 9.17) is 10.5 Å². The molecule has 0 amide bonds. The molecule has 0 radical (unpaired) electrons. The van der Waals surface area contributed by atoms with Gasteiger partial charge in [0.25, 0.3) is 0 Å². The second-order valence-corrected chi connectivity index (χ2v) is 3.60. The zero-order valence-corrected chi connectivity index (χ0v) is 9.47. The predicted octanol–water partition coefficient (Wildman–Crippen LogP) is 1.55. The van der Waals surface area contributed by atoms with Crippen molar-refractivity contribution in [1.82, 2.24) is 9.55 Å². The van der Waals surface area contributed by atoms with Gasteiger partial charge in [-0.05, 0) is 12.1 Å². The molecule has 0 aliphatic heterocycles. The Balaban J connectivity index is 2.45. The van der Waals surface area contributed by atoms with Crippen molar-refractivity contribution in [3.63, 3.8) is 0 Å². The molecule has 84 valence electrons. The van der Waals surface area contributed by atoms with E-state index in [1.807, 2.05) is 42.1 Å². The van der Waals surface area contributed by atoms with Crippen molar-refractivity contribution >= 4 is 0 Å². The smallest absolute Gasteiger partial charge is 0.140 e. The zero-order valence-electron chi connectivity index (χ0n) is 9.47. The number of hydrogen-bond donors (Lipinski definition) is 1. The highest BCUT2D eigenvalue weighted by Gasteiger charge is 2.07. The fourth-order valence-electron chi connectivity index (χ4n) is 1.66. The summed E-state index contributed by atoms with van der Waals surface area (Å²) in [6, 6.07) is 7.83. The Morgan fingerprint density at radius 1 is 1.44 bits per heavy atom. The third-order valence-electron chi connectivity index (χ3n) is 2.46. The monoisotopic (exact) mass is 217 g/mol. The molecular weight excluding hydrogens is 202 g/mol. The molecule has 0 saturated heterocycles. The molecule has 1 aromatic carbocycles. The maximum absolute atomic E-state index is 5.57. The van der Waals surface area contributed by atoms with Gasteiger partial charge in [-0.2, -0.15) is 0 Å². The number of hydrogen-bond acceptors (Lipinski definition) is 3. The average Bonchev–Trinajstić information content (AvgIpc) is 2.71. The van der Waals surface area contributed by atoms with Crippen LogP contribution in [0, 0.1) is 0 Å². The highest BCUT2D eigenvalue weighted by atomic mass is 16.5. The van der Waals surface area contributed by atoms with Crippen LogP contribution in [-0.2, 0) is 13.6 Å². The van der Waals surface area contributed by atoms with E-state index in [-0.39, 0.29) is 0 Å². The number of ether oxygens (including phenoxy) is 1. The van der Waals surface area contributed by atoms with Crippen LogP contribution in [0.3, 0.4) is 0 Å². The van der Waals surface area contributed by atoms with Gasteiger partial charge in [-0.15, -0.1) is 0 Å². The Labute approximate surface area is 94.7 Å². The molecule has 2 aromatic rings. The molecular formula is C12H15N3O. The maximum Gasteiger partial charge on any atom is 0.140 e. The summed E-state index contributed by atoms with van der Waals surface area (Å²) in [6.45, 7) is 0.456. The molecule has 0 spiro atoms. The van der Waals surface area contributed by atoms with Crippen LogP contribution in [0.2, 0.25) is 0 Å². The summed E-state index contributed by atoms with van der Waals surface area (Å²) < 4.78 is 7.16. The molecule has 2 N–H and O–H groups in total. The van der Waals surface area contributed by atoms with Gasteiger partial charge in [-0.3, -0.25) is 0 Å². The molecule has 2 rings (SSSR count). The first-order valence-electron chi connectivity index (χ1n) is 5.11. The Kier molecular flexibility index (Phi) is 2.92. The van der Waals surface area contributed by atoms with Gasteiger partial charge in [0, 0.05) is 25.4 Å². The topological polar surface area (TPSA) is 53.1 Å². The van der Waals surface area contributed by atoms with Crippen molar-refractivity contribution in [3.05, 3.63) is 36.2 Å². The molecule has 16 heavy (non-hydrogen) atoms. The first-order valence-corrected chi connectivity index (χ1v) is 5.11. The van der Waals surface area contributed by atoms with Crippen LogP contribution in [0.1, 0.15) is 5.69 Å². The van der Waals surface area contributed by atoms with Crippen LogP contribution in [0.15, 0.2) is 30.5 Å². The van der Waals surface area contributed by atoms with E-state index in [2.05, 4.69) is 4.98 Å². The highest BCUT2D eigenvalue weighted by Crippen LogP contribution is 2.22. The van der Waals surface area contributed by atoms with Crippen LogP contribution < -0.4 is 10.5 Å². The first-order chi connectivity index (χ1) is 7.74. The van der Waals surface area contributed by atoms with E-state index in [9.17, 15) is 0 Å². The van der Waals surface area contributed by atoms with E-state index in [1.165, 1.54) is 0 Å². The number of nitrogens with zero attached hydrogens (tertiary/aromatic N) is 2. The van der Waals surface area contributed by atoms with Gasteiger partial charge in [-0.1, -0.05) is 12.1 Å². The molecule has 1 aromatic heterocycles. The van der Waals surface area contributed by atoms with Crippen molar-refractivity contribution in [3.8, 4) is 17.1 Å². The van der Waals surface area contributed by atoms with Gasteiger partial charge >= 0.3 is 0 Å². The lowest BCUT2D eigenvalue weighted by Crippen LogP contribution is -1.95. The summed E-state index contributed by atoms with van der Waals surface area (Å²) in [5, 5.41) is 0. The Hall–Kier alpha value is -1.81. The van der Waals surface area contributed by atoms with Crippen molar-refractivity contribution in [2.75, 3.05) is 7.11 Å². The zero-order chi connectivity index (χ0) is 11.5. The third-order valence-corrected chi connectivity index (χ3v) is 2.46. The summed E-state index contributed by atoms with van der Waals surface area (Å²) in [5.41, 5.74) is 7.48. The molecule has 1 heterocycles. The van der Waals surface area contributed by atoms with Crippen LogP contribution in [0.4, 0.5) is 0 Å². The SMILES string of the molecule is COc1cccc(-c2nc(CN)cn2C)c1. The molecule has 0 atom stereocenters. The lowest BCUT2D eigenvalue weighted by Gasteiger charge is -2.04. The van der Waals surface area contributed by atoms with Gasteiger partial charge in [0.2, 0.25) is 0 Å². The molecule has 0 bridgehead atoms. The minimum atomic E-state index is 0.456. The second-order valence-electron chi connectivity index (χ2n) is 3.60. The van der Waals surface area contributed by atoms with Gasteiger partial charge in [0.05, 0.1) is 12.8 Å². The summed E-state index contributed by atoms with van der Waals surface area (Å²) in [7, 11) is 3.61. The summed E-state index contributed by atoms with van der Waals surface area (Å²) >= 11 is 0. The average molecular weight is 217 g/mol. The highest BCUT2D eigenvalue weighted by molar-refractivity contribution is 5.58. The van der Waals surface area contributed by atoms with E-state index >= 15 is 0 Å². The molecule has 0 saturated carbocycles. The number of aromatic nitrogens is 2. The number of benzene rings is 1. The lowest BCUT2D eigenvalue weighted by atomic mass is 10.2. The number of methoxy groups -OCH3 is 1. The number of aryl methyl sites for hydroxylation is 1. The van der Waals surface area contributed by atoms with Gasteiger partial charge in [0.1, 0.15) is 11.6 Å². The van der Waals surface area contributed by atoms with Crippen LogP contribution in [0.25, 0.3) is 11.4 Å². The predicted molar refractivity (Wildman–Crippen MR) is 63.1 cm³/mol. The quantitative estimate of drug-likeness (QED) is 0.848. The molecule has 0 aliphatic carbocycles. The van der Waals surface area contributed by atoms with Crippen LogP contribution in [-0.4, -0.2) is 16.7 Å². The Bertz CT molecular complexity index is 491. The van der Waals surface area contributed by atoms with E-state index < -0.39 is 0 Å². The minimum Gasteiger partial charge on any atom is -0.497 e. The van der Waals surface area contributed by atoms with Gasteiger partial charge in [-0.25, -0.2) is 4.98 Å². The molecule has 0 aliphatic rings. The van der Waals surface area contributed by atoms with Crippen molar-refractivity contribution < 1.29 is 4.74 Å². The van der Waals surface area contributed by atoms with Gasteiger partial charge in [0.15, 0.2) is 0 Å². The largest absolute Gasteiger partial charge is 0.497 e. The first kappa shape index (κ1) is 10.7. The standard InChI is InChI=1S/C12H15N3O/c1-15-8-10(7-13)14-12(15)9-4-3-5-11(6-9)16-2/h3-6,8H,7,13H2,1-2H3. The fourth-order valence-corrected chi connectivity index (χ4v) is 1.66. The van der Waals surface area contributed by atoms with E-state index in [0.717, 1.165) is 22.8 Å². The lowest BCUT2D eigenvalue weighted by molar-refractivity contribution is 0.415. The van der Waals surface area contributed by atoms with Crippen molar-refractivity contribution in [2.24, 2.45) is 12.8 Å². The van der Waals surface area contributed by atoms with Crippen LogP contribution >= 0.6 is 0 Å². The van der Waals surface area contributed by atoms with Gasteiger partial charge < -0.3 is 15.0 Å². The number of nitrogens with two attached hydrogens (primary N) is 1. The van der Waals surface area contributed by atoms with Crippen molar-refractivity contribution in [1.29, 1.82) is 0 Å². The minimum absolute atomic E-state index is 0.456. The van der Waals surface area contributed by atoms with Crippen molar-refractivity contribution in [2.45, 2.75) is 6.54 Å². The number of imidazole rings is 1.